The van der Waals surface area contributed by atoms with Crippen molar-refractivity contribution in [1.29, 1.82) is 0 Å². The third kappa shape index (κ3) is 5.81. The average molecular weight is 600 g/mol. The molecule has 0 radical (unpaired) electrons. The first-order chi connectivity index (χ1) is 19.5. The molecule has 4 aromatic rings. The normalized spacial score (nSPS) is 18.1. The number of nitrogens with one attached hydrogen (secondary N) is 1. The lowest BCUT2D eigenvalue weighted by Gasteiger charge is -2.30. The van der Waals surface area contributed by atoms with Gasteiger partial charge in [0.2, 0.25) is 5.90 Å². The van der Waals surface area contributed by atoms with Crippen LogP contribution in [-0.2, 0) is 16.0 Å². The van der Waals surface area contributed by atoms with Crippen LogP contribution in [0.4, 0.5) is 0 Å². The molecule has 1 heterocycles. The quantitative estimate of drug-likeness (QED) is 0.215. The van der Waals surface area contributed by atoms with Crippen molar-refractivity contribution in [2.24, 2.45) is 4.99 Å². The number of ether oxygens (including phenoxy) is 2. The molecule has 0 aromatic heterocycles. The summed E-state index contributed by atoms with van der Waals surface area (Å²) in [6.45, 7) is 0.510. The number of amides is 1. The zero-order valence-corrected chi connectivity index (χ0v) is 23.8. The molecule has 0 saturated heterocycles. The molecule has 0 aliphatic carbocycles. The lowest BCUT2D eigenvalue weighted by atomic mass is 9.81. The highest BCUT2D eigenvalue weighted by Crippen LogP contribution is 2.43. The van der Waals surface area contributed by atoms with Crippen LogP contribution < -0.4 is 10.1 Å². The second-order valence-corrected chi connectivity index (χ2v) is 10.5. The molecule has 2 N–H and O–H groups in total. The number of carbonyl (C=O) groups is 1. The summed E-state index contributed by atoms with van der Waals surface area (Å²) in [7, 11) is 1.63. The van der Waals surface area contributed by atoms with Gasteiger partial charge in [-0.05, 0) is 52.6 Å². The zero-order chi connectivity index (χ0) is 28.0. The minimum atomic E-state index is -1.24. The molecule has 1 aliphatic heterocycles. The number of nitrogens with zero attached hydrogens (tertiary/aromatic N) is 1. The molecule has 0 spiro atoms. The predicted molar refractivity (Wildman–Crippen MR) is 161 cm³/mol. The number of rotatable bonds is 10. The van der Waals surface area contributed by atoms with Gasteiger partial charge in [0.15, 0.2) is 11.6 Å². The van der Waals surface area contributed by atoms with Gasteiger partial charge in [0, 0.05) is 36.5 Å². The number of carbonyl (C=O) groups excluding carboxylic acids is 1. The second kappa shape index (κ2) is 12.5. The van der Waals surface area contributed by atoms with Gasteiger partial charge < -0.3 is 19.9 Å². The van der Waals surface area contributed by atoms with Gasteiger partial charge in [0.1, 0.15) is 5.75 Å². The lowest BCUT2D eigenvalue weighted by molar-refractivity contribution is -0.128. The fraction of sp³-hybridized carbons (Fsp3) is 0.212. The van der Waals surface area contributed by atoms with Gasteiger partial charge in [-0.2, -0.15) is 0 Å². The van der Waals surface area contributed by atoms with Gasteiger partial charge in [0.25, 0.3) is 5.91 Å². The van der Waals surface area contributed by atoms with E-state index in [4.69, 9.17) is 19.6 Å². The summed E-state index contributed by atoms with van der Waals surface area (Å²) >= 11 is 3.65. The minimum absolute atomic E-state index is 0.0789. The number of aliphatic imine (C=N–C) groups is 1. The standard InChI is InChI=1S/C33H31BrN2O4/c1-35-32(38)33(22-27-10-5-6-11-29(27)34)30(25-14-12-24(13-15-25)23-8-3-2-4-9-23)40-31(36-33)26-16-18-28(19-17-26)39-21-7-20-37/h2-6,8-19,30,37H,7,20-22H2,1H3,(H,35,38)/t30-,33-/m1/s1. The van der Waals surface area contributed by atoms with Crippen LogP contribution in [0.5, 0.6) is 5.75 Å². The van der Waals surface area contributed by atoms with E-state index in [9.17, 15) is 4.79 Å². The maximum absolute atomic E-state index is 13.7. The van der Waals surface area contributed by atoms with Gasteiger partial charge in [-0.15, -0.1) is 0 Å². The maximum Gasteiger partial charge on any atom is 0.252 e. The van der Waals surface area contributed by atoms with Crippen LogP contribution >= 0.6 is 15.9 Å². The molecule has 2 atom stereocenters. The number of benzene rings is 4. The molecule has 4 aromatic carbocycles. The Balaban J connectivity index is 1.54. The van der Waals surface area contributed by atoms with Crippen molar-refractivity contribution in [3.8, 4) is 16.9 Å². The Kier molecular flexibility index (Phi) is 8.63. The number of likely N-dealkylation sites (N-methyl/N-ethyl adjacent to an activating group) is 1. The van der Waals surface area contributed by atoms with Crippen molar-refractivity contribution in [3.05, 3.63) is 124 Å². The topological polar surface area (TPSA) is 80.2 Å². The molecule has 0 bridgehead atoms. The summed E-state index contributed by atoms with van der Waals surface area (Å²) in [5, 5.41) is 11.9. The Morgan fingerprint density at radius 2 is 1.57 bits per heavy atom. The molecule has 40 heavy (non-hydrogen) atoms. The number of hydrogen-bond donors (Lipinski definition) is 2. The fourth-order valence-corrected chi connectivity index (χ4v) is 5.34. The van der Waals surface area contributed by atoms with Gasteiger partial charge in [-0.25, -0.2) is 4.99 Å². The van der Waals surface area contributed by atoms with Crippen LogP contribution in [0, 0.1) is 0 Å². The van der Waals surface area contributed by atoms with Crippen molar-refractivity contribution in [2.45, 2.75) is 24.5 Å². The van der Waals surface area contributed by atoms with Gasteiger partial charge in [-0.3, -0.25) is 4.79 Å². The van der Waals surface area contributed by atoms with E-state index in [-0.39, 0.29) is 12.5 Å². The largest absolute Gasteiger partial charge is 0.494 e. The van der Waals surface area contributed by atoms with Crippen LogP contribution in [0.2, 0.25) is 0 Å². The summed E-state index contributed by atoms with van der Waals surface area (Å²) < 4.78 is 13.2. The average Bonchev–Trinajstić information content (AvgIpc) is 3.39. The van der Waals surface area contributed by atoms with Crippen LogP contribution in [0.25, 0.3) is 11.1 Å². The number of halogens is 1. The first-order valence-corrected chi connectivity index (χ1v) is 14.0. The molecule has 0 saturated carbocycles. The highest BCUT2D eigenvalue weighted by atomic mass is 79.9. The maximum atomic E-state index is 13.7. The Morgan fingerprint density at radius 1 is 0.925 bits per heavy atom. The molecule has 5 rings (SSSR count). The summed E-state index contributed by atoms with van der Waals surface area (Å²) in [6.07, 6.45) is 0.247. The smallest absolute Gasteiger partial charge is 0.252 e. The van der Waals surface area contributed by atoms with E-state index in [0.29, 0.717) is 31.1 Å². The van der Waals surface area contributed by atoms with Crippen LogP contribution in [-0.4, -0.2) is 42.7 Å². The monoisotopic (exact) mass is 598 g/mol. The zero-order valence-electron chi connectivity index (χ0n) is 22.2. The summed E-state index contributed by atoms with van der Waals surface area (Å²) in [5.41, 5.74) is 3.52. The molecule has 204 valence electrons. The van der Waals surface area contributed by atoms with E-state index in [1.807, 2.05) is 78.9 Å². The predicted octanol–water partition coefficient (Wildman–Crippen LogP) is 6.12. The molecule has 6 nitrogen and oxygen atoms in total. The molecule has 1 aliphatic rings. The molecule has 1 amide bonds. The molecule has 0 fully saturated rings. The van der Waals surface area contributed by atoms with Gasteiger partial charge in [0.05, 0.1) is 6.61 Å². The number of aliphatic hydroxyl groups is 1. The van der Waals surface area contributed by atoms with Crippen LogP contribution in [0.15, 0.2) is 113 Å². The van der Waals surface area contributed by atoms with Crippen LogP contribution in [0.1, 0.15) is 29.2 Å². The van der Waals surface area contributed by atoms with E-state index in [1.54, 1.807) is 7.05 Å². The third-order valence-corrected chi connectivity index (χ3v) is 7.77. The minimum Gasteiger partial charge on any atom is -0.494 e. The Bertz CT molecular complexity index is 1470. The number of aliphatic hydroxyl groups excluding tert-OH is 1. The van der Waals surface area contributed by atoms with Crippen molar-refractivity contribution in [1.82, 2.24) is 5.32 Å². The van der Waals surface area contributed by atoms with Crippen molar-refractivity contribution in [2.75, 3.05) is 20.3 Å². The fourth-order valence-electron chi connectivity index (χ4n) is 4.91. The van der Waals surface area contributed by atoms with E-state index in [2.05, 4.69) is 45.5 Å². The second-order valence-electron chi connectivity index (χ2n) is 9.62. The lowest BCUT2D eigenvalue weighted by Crippen LogP contribution is -2.48. The highest BCUT2D eigenvalue weighted by Gasteiger charge is 2.53. The van der Waals surface area contributed by atoms with Crippen molar-refractivity contribution >= 4 is 27.7 Å². The van der Waals surface area contributed by atoms with Crippen LogP contribution in [0.3, 0.4) is 0 Å². The Hall–Kier alpha value is -3.94. The number of hydrogen-bond acceptors (Lipinski definition) is 5. The SMILES string of the molecule is CNC(=O)[C@]1(Cc2ccccc2Br)N=C(c2ccc(OCCCO)cc2)O[C@@H]1c1ccc(-c2ccccc2)cc1. The summed E-state index contributed by atoms with van der Waals surface area (Å²) in [6, 6.07) is 33.6. The van der Waals surface area contributed by atoms with Crippen molar-refractivity contribution < 1.29 is 19.4 Å². The van der Waals surface area contributed by atoms with E-state index >= 15 is 0 Å². The van der Waals surface area contributed by atoms with E-state index < -0.39 is 11.6 Å². The molecular weight excluding hydrogens is 568 g/mol. The summed E-state index contributed by atoms with van der Waals surface area (Å²) in [4.78, 5) is 18.8. The highest BCUT2D eigenvalue weighted by molar-refractivity contribution is 9.10. The van der Waals surface area contributed by atoms with E-state index in [1.165, 1.54) is 0 Å². The Labute approximate surface area is 242 Å². The van der Waals surface area contributed by atoms with Crippen molar-refractivity contribution in [3.63, 3.8) is 0 Å². The first-order valence-electron chi connectivity index (χ1n) is 13.3. The molecular formula is C33H31BrN2O4. The third-order valence-electron chi connectivity index (χ3n) is 7.00. The van der Waals surface area contributed by atoms with Gasteiger partial charge in [-0.1, -0.05) is 88.7 Å². The first kappa shape index (κ1) is 27.6. The van der Waals surface area contributed by atoms with E-state index in [0.717, 1.165) is 32.3 Å². The summed E-state index contributed by atoms with van der Waals surface area (Å²) in [5.74, 6) is 0.865. The Morgan fingerprint density at radius 3 is 2.25 bits per heavy atom. The molecule has 7 heteroatoms. The van der Waals surface area contributed by atoms with Gasteiger partial charge >= 0.3 is 0 Å². The molecule has 0 unspecified atom stereocenters.